The van der Waals surface area contributed by atoms with Gasteiger partial charge in [-0.3, -0.25) is 9.59 Å². The summed E-state index contributed by atoms with van der Waals surface area (Å²) in [6, 6.07) is 9.99. The molecule has 0 bridgehead atoms. The van der Waals surface area contributed by atoms with Crippen LogP contribution in [-0.4, -0.2) is 61.4 Å². The van der Waals surface area contributed by atoms with E-state index in [-0.39, 0.29) is 31.6 Å². The van der Waals surface area contributed by atoms with Gasteiger partial charge in [-0.05, 0) is 42.8 Å². The maximum atomic E-state index is 12.8. The number of anilines is 1. The third-order valence-electron chi connectivity index (χ3n) is 6.29. The molecule has 0 aliphatic carbocycles. The van der Waals surface area contributed by atoms with Gasteiger partial charge in [0.2, 0.25) is 12.7 Å². The molecule has 1 saturated heterocycles. The van der Waals surface area contributed by atoms with E-state index in [0.29, 0.717) is 34.9 Å². The zero-order chi connectivity index (χ0) is 25.4. The highest BCUT2D eigenvalue weighted by Gasteiger charge is 2.46. The molecule has 0 spiro atoms. The van der Waals surface area contributed by atoms with Gasteiger partial charge in [0.25, 0.3) is 5.91 Å². The van der Waals surface area contributed by atoms with Gasteiger partial charge in [-0.1, -0.05) is 0 Å². The Balaban J connectivity index is 1.29. The molecule has 9 nitrogen and oxygen atoms in total. The van der Waals surface area contributed by atoms with Crippen LogP contribution in [0.4, 0.5) is 18.9 Å². The number of fused-ring (bicyclic) bond motifs is 4. The molecule has 1 fully saturated rings. The standard InChI is InChI=1S/C24H23F3N2O7/c25-24(26,27)10-28-21(31)8-14-7-16-15-6-13(2-4-17(15)36-22(16)20(9-30)35-14)29-23(32)12-1-3-18-19(5-12)34-11-33-18/h1-6,14,16,20,22,30H,7-11H2,(H,28,31)(H,29,32)/t14-,16-,20-,22+/m1/s1. The van der Waals surface area contributed by atoms with Gasteiger partial charge in [0.05, 0.1) is 19.1 Å². The summed E-state index contributed by atoms with van der Waals surface area (Å²) < 4.78 is 59.5. The number of nitrogens with one attached hydrogen (secondary N) is 2. The fraction of sp³-hybridized carbons (Fsp3) is 0.417. The van der Waals surface area contributed by atoms with Crippen LogP contribution in [0.2, 0.25) is 0 Å². The summed E-state index contributed by atoms with van der Waals surface area (Å²) in [6.45, 7) is -1.72. The minimum absolute atomic E-state index is 0.0946. The first-order valence-electron chi connectivity index (χ1n) is 11.3. The van der Waals surface area contributed by atoms with Gasteiger partial charge in [0.1, 0.15) is 24.5 Å². The first-order valence-corrected chi connectivity index (χ1v) is 11.3. The molecule has 2 amide bonds. The summed E-state index contributed by atoms with van der Waals surface area (Å²) in [4.78, 5) is 24.8. The topological polar surface area (TPSA) is 115 Å². The first-order chi connectivity index (χ1) is 17.2. The molecule has 0 unspecified atom stereocenters. The molecular weight excluding hydrogens is 485 g/mol. The number of hydrogen-bond acceptors (Lipinski definition) is 7. The maximum absolute atomic E-state index is 12.8. The van der Waals surface area contributed by atoms with Crippen LogP contribution >= 0.6 is 0 Å². The summed E-state index contributed by atoms with van der Waals surface area (Å²) in [5.74, 6) is 0.158. The van der Waals surface area contributed by atoms with Gasteiger partial charge in [-0.2, -0.15) is 13.2 Å². The zero-order valence-corrected chi connectivity index (χ0v) is 18.8. The quantitative estimate of drug-likeness (QED) is 0.550. The molecule has 3 aliphatic heterocycles. The molecule has 192 valence electrons. The van der Waals surface area contributed by atoms with Crippen molar-refractivity contribution in [1.29, 1.82) is 0 Å². The highest BCUT2D eigenvalue weighted by molar-refractivity contribution is 6.04. The van der Waals surface area contributed by atoms with Crippen molar-refractivity contribution in [3.63, 3.8) is 0 Å². The van der Waals surface area contributed by atoms with Crippen LogP contribution in [0.15, 0.2) is 36.4 Å². The number of halogens is 3. The Morgan fingerprint density at radius 3 is 2.61 bits per heavy atom. The first kappa shape index (κ1) is 24.2. The fourth-order valence-electron chi connectivity index (χ4n) is 4.69. The molecule has 5 rings (SSSR count). The maximum Gasteiger partial charge on any atom is 0.405 e. The Hall–Kier alpha value is -3.51. The van der Waals surface area contributed by atoms with Crippen LogP contribution in [-0.2, 0) is 9.53 Å². The number of aliphatic hydroxyl groups excluding tert-OH is 1. The number of aliphatic hydroxyl groups is 1. The number of carbonyl (C=O) groups is 2. The van der Waals surface area contributed by atoms with E-state index in [2.05, 4.69) is 5.32 Å². The highest BCUT2D eigenvalue weighted by Crippen LogP contribution is 2.47. The number of alkyl halides is 3. The van der Waals surface area contributed by atoms with Gasteiger partial charge in [-0.25, -0.2) is 0 Å². The Labute approximate surface area is 203 Å². The Morgan fingerprint density at radius 1 is 1.06 bits per heavy atom. The molecule has 3 aliphatic rings. The van der Waals surface area contributed by atoms with Gasteiger partial charge < -0.3 is 34.7 Å². The van der Waals surface area contributed by atoms with Crippen molar-refractivity contribution in [2.45, 2.75) is 43.2 Å². The average molecular weight is 508 g/mol. The number of rotatable bonds is 6. The van der Waals surface area contributed by atoms with Crippen molar-refractivity contribution in [2.75, 3.05) is 25.3 Å². The second kappa shape index (κ2) is 9.51. The SMILES string of the molecule is O=C(C[C@H]1C[C@@H]2c3cc(NC(=O)c4ccc5c(c4)OCO5)ccc3O[C@@H]2[C@@H](CO)O1)NCC(F)(F)F. The van der Waals surface area contributed by atoms with E-state index in [0.717, 1.165) is 5.56 Å². The van der Waals surface area contributed by atoms with E-state index in [9.17, 15) is 27.9 Å². The van der Waals surface area contributed by atoms with Crippen molar-refractivity contribution in [1.82, 2.24) is 5.32 Å². The van der Waals surface area contributed by atoms with E-state index in [1.807, 2.05) is 5.32 Å². The third kappa shape index (κ3) is 5.05. The van der Waals surface area contributed by atoms with Crippen molar-refractivity contribution in [3.8, 4) is 17.2 Å². The summed E-state index contributed by atoms with van der Waals surface area (Å²) in [5, 5.41) is 14.5. The molecule has 2 aromatic rings. The fourth-order valence-corrected chi connectivity index (χ4v) is 4.69. The molecular formula is C24H23F3N2O7. The van der Waals surface area contributed by atoms with E-state index in [4.69, 9.17) is 18.9 Å². The lowest BCUT2D eigenvalue weighted by atomic mass is 9.84. The van der Waals surface area contributed by atoms with Gasteiger partial charge in [0, 0.05) is 22.7 Å². The van der Waals surface area contributed by atoms with Crippen LogP contribution in [0.5, 0.6) is 17.2 Å². The Morgan fingerprint density at radius 2 is 1.83 bits per heavy atom. The summed E-state index contributed by atoms with van der Waals surface area (Å²) >= 11 is 0. The molecule has 3 heterocycles. The predicted molar refractivity (Wildman–Crippen MR) is 118 cm³/mol. The lowest BCUT2D eigenvalue weighted by Crippen LogP contribution is -2.47. The minimum atomic E-state index is -4.51. The monoisotopic (exact) mass is 508 g/mol. The van der Waals surface area contributed by atoms with Crippen LogP contribution in [0.25, 0.3) is 0 Å². The number of carbonyl (C=O) groups excluding carboxylic acids is 2. The largest absolute Gasteiger partial charge is 0.487 e. The smallest absolute Gasteiger partial charge is 0.405 e. The molecule has 0 aromatic heterocycles. The van der Waals surface area contributed by atoms with Gasteiger partial charge in [0.15, 0.2) is 11.5 Å². The normalized spacial score (nSPS) is 23.9. The van der Waals surface area contributed by atoms with Crippen LogP contribution in [0.1, 0.15) is 34.7 Å². The number of hydrogen-bond donors (Lipinski definition) is 3. The molecule has 3 N–H and O–H groups in total. The van der Waals surface area contributed by atoms with Crippen LogP contribution in [0.3, 0.4) is 0 Å². The second-order valence-corrected chi connectivity index (χ2v) is 8.77. The van der Waals surface area contributed by atoms with Crippen molar-refractivity contribution in [2.24, 2.45) is 0 Å². The summed E-state index contributed by atoms with van der Waals surface area (Å²) in [6.07, 6.45) is -6.50. The molecule has 4 atom stereocenters. The van der Waals surface area contributed by atoms with Crippen molar-refractivity contribution < 1.29 is 46.8 Å². The molecule has 2 aromatic carbocycles. The third-order valence-corrected chi connectivity index (χ3v) is 6.29. The van der Waals surface area contributed by atoms with E-state index >= 15 is 0 Å². The minimum Gasteiger partial charge on any atom is -0.487 e. The molecule has 0 radical (unpaired) electrons. The summed E-state index contributed by atoms with van der Waals surface area (Å²) in [5.41, 5.74) is 1.64. The lowest BCUT2D eigenvalue weighted by Gasteiger charge is -2.37. The van der Waals surface area contributed by atoms with Crippen molar-refractivity contribution in [3.05, 3.63) is 47.5 Å². The lowest BCUT2D eigenvalue weighted by molar-refractivity contribution is -0.149. The van der Waals surface area contributed by atoms with E-state index < -0.39 is 36.9 Å². The summed E-state index contributed by atoms with van der Waals surface area (Å²) in [7, 11) is 0. The molecule has 12 heteroatoms. The predicted octanol–water partition coefficient (Wildman–Crippen LogP) is 2.73. The second-order valence-electron chi connectivity index (χ2n) is 8.77. The van der Waals surface area contributed by atoms with Crippen LogP contribution < -0.4 is 24.8 Å². The van der Waals surface area contributed by atoms with Crippen molar-refractivity contribution >= 4 is 17.5 Å². The van der Waals surface area contributed by atoms with Crippen LogP contribution in [0, 0.1) is 0 Å². The van der Waals surface area contributed by atoms with Gasteiger partial charge >= 0.3 is 6.18 Å². The molecule has 0 saturated carbocycles. The average Bonchev–Trinajstić information content (AvgIpc) is 3.46. The number of ether oxygens (including phenoxy) is 4. The molecule has 36 heavy (non-hydrogen) atoms. The Kier molecular flexibility index (Phi) is 6.39. The van der Waals surface area contributed by atoms with E-state index in [1.54, 1.807) is 36.4 Å². The van der Waals surface area contributed by atoms with Gasteiger partial charge in [-0.15, -0.1) is 0 Å². The highest BCUT2D eigenvalue weighted by atomic mass is 19.4. The number of benzene rings is 2. The zero-order valence-electron chi connectivity index (χ0n) is 18.8. The van der Waals surface area contributed by atoms with E-state index in [1.165, 1.54) is 0 Å². The number of amides is 2. The Bertz CT molecular complexity index is 1170.